The smallest absolute Gasteiger partial charge is 0.231 e. The number of hydrogen-bond acceptors (Lipinski definition) is 4. The van der Waals surface area contributed by atoms with Crippen molar-refractivity contribution in [3.8, 4) is 11.5 Å². The third kappa shape index (κ3) is 1.60. The van der Waals surface area contributed by atoms with Crippen LogP contribution in [0.15, 0.2) is 18.2 Å². The highest BCUT2D eigenvalue weighted by molar-refractivity contribution is 5.47. The number of fused-ring (bicyclic) bond motifs is 1. The van der Waals surface area contributed by atoms with Crippen LogP contribution in [0.25, 0.3) is 0 Å². The van der Waals surface area contributed by atoms with Crippen molar-refractivity contribution in [1.29, 1.82) is 0 Å². The third-order valence-corrected chi connectivity index (χ3v) is 4.16. The Labute approximate surface area is 106 Å². The molecule has 1 unspecified atom stereocenters. The number of aliphatic hydroxyl groups is 1. The molecule has 2 aliphatic rings. The molecule has 0 aliphatic carbocycles. The van der Waals surface area contributed by atoms with Gasteiger partial charge in [-0.25, -0.2) is 0 Å². The molecule has 0 aromatic heterocycles. The van der Waals surface area contributed by atoms with E-state index in [0.717, 1.165) is 17.9 Å². The van der Waals surface area contributed by atoms with Crippen LogP contribution in [-0.2, 0) is 10.2 Å². The zero-order valence-electron chi connectivity index (χ0n) is 10.5. The first-order valence-corrected chi connectivity index (χ1v) is 6.39. The Morgan fingerprint density at radius 3 is 2.67 bits per heavy atom. The second-order valence-corrected chi connectivity index (χ2v) is 5.00. The van der Waals surface area contributed by atoms with Gasteiger partial charge in [-0.15, -0.1) is 0 Å². The summed E-state index contributed by atoms with van der Waals surface area (Å²) in [6.07, 6.45) is 0.939. The lowest BCUT2D eigenvalue weighted by molar-refractivity contribution is -0.101. The van der Waals surface area contributed by atoms with Crippen molar-refractivity contribution in [2.45, 2.75) is 18.8 Å². The Balaban J connectivity index is 1.96. The predicted octanol–water partition coefficient (Wildman–Crippen LogP) is 1.70. The van der Waals surface area contributed by atoms with Gasteiger partial charge in [0.15, 0.2) is 11.5 Å². The van der Waals surface area contributed by atoms with E-state index in [-0.39, 0.29) is 17.9 Å². The molecule has 18 heavy (non-hydrogen) atoms. The van der Waals surface area contributed by atoms with E-state index in [1.165, 1.54) is 5.56 Å². The molecule has 0 saturated carbocycles. The van der Waals surface area contributed by atoms with Gasteiger partial charge in [-0.1, -0.05) is 19.4 Å². The van der Waals surface area contributed by atoms with E-state index < -0.39 is 0 Å². The Kier molecular flexibility index (Phi) is 2.92. The normalized spacial score (nSPS) is 21.4. The van der Waals surface area contributed by atoms with Crippen molar-refractivity contribution in [2.75, 3.05) is 26.6 Å². The molecule has 0 spiro atoms. The average Bonchev–Trinajstić information content (AvgIpc) is 2.80. The SMILES string of the molecule is CCC(CO)C1(c2ccc3c(c2)OCO3)COC1. The van der Waals surface area contributed by atoms with Crippen LogP contribution >= 0.6 is 0 Å². The van der Waals surface area contributed by atoms with E-state index in [1.807, 2.05) is 12.1 Å². The summed E-state index contributed by atoms with van der Waals surface area (Å²) >= 11 is 0. The first-order chi connectivity index (χ1) is 8.80. The second-order valence-electron chi connectivity index (χ2n) is 5.00. The minimum atomic E-state index is -0.0650. The van der Waals surface area contributed by atoms with Gasteiger partial charge in [-0.3, -0.25) is 0 Å². The van der Waals surface area contributed by atoms with Crippen LogP contribution in [0.5, 0.6) is 11.5 Å². The molecule has 1 aromatic rings. The van der Waals surface area contributed by atoms with Gasteiger partial charge in [0.05, 0.1) is 13.2 Å². The molecule has 0 bridgehead atoms. The second kappa shape index (κ2) is 4.44. The van der Waals surface area contributed by atoms with Gasteiger partial charge in [-0.2, -0.15) is 0 Å². The van der Waals surface area contributed by atoms with Crippen LogP contribution in [0.2, 0.25) is 0 Å². The standard InChI is InChI=1S/C14H18O4/c1-2-10(6-15)14(7-16-8-14)11-3-4-12-13(5-11)18-9-17-12/h3-5,10,15H,2,6-9H2,1H3. The molecule has 3 rings (SSSR count). The molecule has 1 aromatic carbocycles. The van der Waals surface area contributed by atoms with E-state index in [9.17, 15) is 5.11 Å². The maximum atomic E-state index is 9.57. The lowest BCUT2D eigenvalue weighted by Crippen LogP contribution is -2.53. The summed E-state index contributed by atoms with van der Waals surface area (Å²) in [6.45, 7) is 3.93. The summed E-state index contributed by atoms with van der Waals surface area (Å²) < 4.78 is 16.2. The van der Waals surface area contributed by atoms with Gasteiger partial charge in [-0.05, 0) is 23.6 Å². The van der Waals surface area contributed by atoms with Crippen molar-refractivity contribution in [2.24, 2.45) is 5.92 Å². The number of hydrogen-bond donors (Lipinski definition) is 1. The van der Waals surface area contributed by atoms with Crippen molar-refractivity contribution in [1.82, 2.24) is 0 Å². The van der Waals surface area contributed by atoms with Gasteiger partial charge in [0.2, 0.25) is 6.79 Å². The Morgan fingerprint density at radius 2 is 2.06 bits per heavy atom. The lowest BCUT2D eigenvalue weighted by atomic mass is 9.68. The molecular formula is C14H18O4. The highest BCUT2D eigenvalue weighted by Crippen LogP contribution is 2.44. The van der Waals surface area contributed by atoms with Crippen LogP contribution in [-0.4, -0.2) is 31.7 Å². The van der Waals surface area contributed by atoms with Crippen LogP contribution < -0.4 is 9.47 Å². The Hall–Kier alpha value is -1.26. The molecule has 1 atom stereocenters. The summed E-state index contributed by atoms with van der Waals surface area (Å²) in [5.41, 5.74) is 1.11. The first-order valence-electron chi connectivity index (χ1n) is 6.39. The predicted molar refractivity (Wildman–Crippen MR) is 65.9 cm³/mol. The maximum absolute atomic E-state index is 9.57. The van der Waals surface area contributed by atoms with Gasteiger partial charge >= 0.3 is 0 Å². The molecule has 0 amide bonds. The molecule has 1 N–H and O–H groups in total. The van der Waals surface area contributed by atoms with Crippen LogP contribution in [0.3, 0.4) is 0 Å². The first kappa shape index (κ1) is 11.8. The molecule has 1 fully saturated rings. The molecule has 4 nitrogen and oxygen atoms in total. The summed E-state index contributed by atoms with van der Waals surface area (Å²) in [5, 5.41) is 9.57. The van der Waals surface area contributed by atoms with E-state index in [0.29, 0.717) is 20.0 Å². The summed E-state index contributed by atoms with van der Waals surface area (Å²) in [4.78, 5) is 0. The van der Waals surface area contributed by atoms with Crippen LogP contribution in [0, 0.1) is 5.92 Å². The highest BCUT2D eigenvalue weighted by atomic mass is 16.7. The van der Waals surface area contributed by atoms with Crippen molar-refractivity contribution in [3.05, 3.63) is 23.8 Å². The van der Waals surface area contributed by atoms with Crippen LogP contribution in [0.4, 0.5) is 0 Å². The quantitative estimate of drug-likeness (QED) is 0.883. The number of ether oxygens (including phenoxy) is 3. The summed E-state index contributed by atoms with van der Waals surface area (Å²) in [7, 11) is 0. The van der Waals surface area contributed by atoms with Crippen molar-refractivity contribution in [3.63, 3.8) is 0 Å². The van der Waals surface area contributed by atoms with E-state index in [2.05, 4.69) is 13.0 Å². The maximum Gasteiger partial charge on any atom is 0.231 e. The average molecular weight is 250 g/mol. The minimum Gasteiger partial charge on any atom is -0.454 e. The molecule has 1 saturated heterocycles. The van der Waals surface area contributed by atoms with Crippen LogP contribution in [0.1, 0.15) is 18.9 Å². The van der Waals surface area contributed by atoms with E-state index in [4.69, 9.17) is 14.2 Å². The van der Waals surface area contributed by atoms with Crippen molar-refractivity contribution < 1.29 is 19.3 Å². The third-order valence-electron chi connectivity index (χ3n) is 4.16. The number of rotatable bonds is 4. The van der Waals surface area contributed by atoms with Gasteiger partial charge in [0.25, 0.3) is 0 Å². The Bertz CT molecular complexity index is 435. The molecule has 4 heteroatoms. The number of aliphatic hydroxyl groups excluding tert-OH is 1. The molecule has 0 radical (unpaired) electrons. The molecule has 2 heterocycles. The molecular weight excluding hydrogens is 232 g/mol. The number of benzene rings is 1. The fourth-order valence-electron chi connectivity index (χ4n) is 2.86. The van der Waals surface area contributed by atoms with Gasteiger partial charge in [0.1, 0.15) is 0 Å². The fourth-order valence-corrected chi connectivity index (χ4v) is 2.86. The Morgan fingerprint density at radius 1 is 1.28 bits per heavy atom. The summed E-state index contributed by atoms with van der Waals surface area (Å²) in [5.74, 6) is 1.82. The van der Waals surface area contributed by atoms with E-state index >= 15 is 0 Å². The monoisotopic (exact) mass is 250 g/mol. The zero-order chi connectivity index (χ0) is 12.6. The zero-order valence-corrected chi connectivity index (χ0v) is 10.5. The summed E-state index contributed by atoms with van der Waals surface area (Å²) in [6, 6.07) is 6.04. The molecule has 2 aliphatic heterocycles. The van der Waals surface area contributed by atoms with Gasteiger partial charge in [0, 0.05) is 12.0 Å². The topological polar surface area (TPSA) is 47.9 Å². The van der Waals surface area contributed by atoms with Crippen molar-refractivity contribution >= 4 is 0 Å². The van der Waals surface area contributed by atoms with E-state index in [1.54, 1.807) is 0 Å². The largest absolute Gasteiger partial charge is 0.454 e. The highest BCUT2D eigenvalue weighted by Gasteiger charge is 2.46. The lowest BCUT2D eigenvalue weighted by Gasteiger charge is -2.47. The minimum absolute atomic E-state index is 0.0650. The molecule has 98 valence electrons. The fraction of sp³-hybridized carbons (Fsp3) is 0.571. The van der Waals surface area contributed by atoms with Gasteiger partial charge < -0.3 is 19.3 Å².